The van der Waals surface area contributed by atoms with Crippen LogP contribution in [0.4, 0.5) is 5.82 Å². The Labute approximate surface area is 114 Å². The van der Waals surface area contributed by atoms with E-state index >= 15 is 0 Å². The average Bonchev–Trinajstić information content (AvgIpc) is 2.37. The van der Waals surface area contributed by atoms with Gasteiger partial charge in [-0.05, 0) is 13.8 Å². The number of esters is 1. The summed E-state index contributed by atoms with van der Waals surface area (Å²) in [6.45, 7) is 3.57. The lowest BCUT2D eigenvalue weighted by Crippen LogP contribution is -2.26. The van der Waals surface area contributed by atoms with Crippen LogP contribution >= 0.6 is 11.8 Å². The Morgan fingerprint density at radius 1 is 1.53 bits per heavy atom. The summed E-state index contributed by atoms with van der Waals surface area (Å²) in [5.74, 6) is -0.817. The van der Waals surface area contributed by atoms with Gasteiger partial charge in [0, 0.05) is 0 Å². The van der Waals surface area contributed by atoms with Crippen LogP contribution in [0.5, 0.6) is 0 Å². The van der Waals surface area contributed by atoms with Crippen LogP contribution in [-0.4, -0.2) is 45.4 Å². The number of hydrogen-bond acceptors (Lipinski definition) is 7. The zero-order valence-electron chi connectivity index (χ0n) is 10.6. The predicted octanol–water partition coefficient (Wildman–Crippen LogP) is 1.02. The first kappa shape index (κ1) is 15.2. The molecule has 7 nitrogen and oxygen atoms in total. The molecule has 19 heavy (non-hydrogen) atoms. The highest BCUT2D eigenvalue weighted by molar-refractivity contribution is 7.99. The number of nitrogens with zero attached hydrogens (tertiary/aromatic N) is 2. The van der Waals surface area contributed by atoms with E-state index in [1.165, 1.54) is 31.1 Å². The van der Waals surface area contributed by atoms with Gasteiger partial charge in [-0.25, -0.2) is 4.98 Å². The van der Waals surface area contributed by atoms with E-state index < -0.39 is 12.0 Å². The third-order valence-corrected chi connectivity index (χ3v) is 2.86. The van der Waals surface area contributed by atoms with Gasteiger partial charge in [-0.2, -0.15) is 0 Å². The van der Waals surface area contributed by atoms with Crippen molar-refractivity contribution in [2.45, 2.75) is 24.9 Å². The highest BCUT2D eigenvalue weighted by atomic mass is 32.2. The van der Waals surface area contributed by atoms with E-state index in [2.05, 4.69) is 15.3 Å². The van der Waals surface area contributed by atoms with Crippen LogP contribution in [-0.2, 0) is 14.3 Å². The molecule has 104 valence electrons. The van der Waals surface area contributed by atoms with E-state index in [0.717, 1.165) is 0 Å². The first-order chi connectivity index (χ1) is 9.02. The molecular formula is C11H15N3O4S. The first-order valence-corrected chi connectivity index (χ1v) is 6.61. The molecule has 0 fully saturated rings. The van der Waals surface area contributed by atoms with Crippen LogP contribution in [0.1, 0.15) is 13.8 Å². The van der Waals surface area contributed by atoms with Crippen molar-refractivity contribution in [2.75, 3.05) is 17.7 Å². The van der Waals surface area contributed by atoms with Gasteiger partial charge in [0.05, 0.1) is 24.8 Å². The zero-order chi connectivity index (χ0) is 14.3. The Balaban J connectivity index is 2.57. The lowest BCUT2D eigenvalue weighted by Gasteiger charge is -2.10. The van der Waals surface area contributed by atoms with E-state index in [1.807, 2.05) is 0 Å². The second-order valence-electron chi connectivity index (χ2n) is 3.54. The largest absolute Gasteiger partial charge is 0.480 e. The van der Waals surface area contributed by atoms with Gasteiger partial charge in [0.1, 0.15) is 16.9 Å². The molecule has 0 spiro atoms. The van der Waals surface area contributed by atoms with Crippen LogP contribution in [0, 0.1) is 0 Å². The van der Waals surface area contributed by atoms with E-state index in [9.17, 15) is 9.59 Å². The topological polar surface area (TPSA) is 101 Å². The molecular weight excluding hydrogens is 270 g/mol. The van der Waals surface area contributed by atoms with Crippen LogP contribution in [0.2, 0.25) is 0 Å². The summed E-state index contributed by atoms with van der Waals surface area (Å²) in [5, 5.41) is 12.0. The molecule has 0 saturated carbocycles. The summed E-state index contributed by atoms with van der Waals surface area (Å²) in [5.41, 5.74) is 0. The molecule has 0 saturated heterocycles. The quantitative estimate of drug-likeness (QED) is 0.565. The molecule has 0 radical (unpaired) electrons. The maximum Gasteiger partial charge on any atom is 0.325 e. The van der Waals surface area contributed by atoms with Crippen LogP contribution < -0.4 is 5.32 Å². The van der Waals surface area contributed by atoms with Crippen LogP contribution in [0.25, 0.3) is 0 Å². The minimum atomic E-state index is -0.980. The van der Waals surface area contributed by atoms with Crippen molar-refractivity contribution in [3.63, 3.8) is 0 Å². The van der Waals surface area contributed by atoms with Gasteiger partial charge in [-0.1, -0.05) is 11.8 Å². The number of ether oxygens (including phenoxy) is 1. The molecule has 1 atom stereocenters. The normalized spacial score (nSPS) is 11.7. The molecule has 0 aliphatic heterocycles. The first-order valence-electron chi connectivity index (χ1n) is 5.62. The Hall–Kier alpha value is -1.83. The van der Waals surface area contributed by atoms with Crippen molar-refractivity contribution in [3.8, 4) is 0 Å². The number of carbonyl (C=O) groups is 2. The van der Waals surface area contributed by atoms with Crippen LogP contribution in [0.3, 0.4) is 0 Å². The number of rotatable bonds is 7. The van der Waals surface area contributed by atoms with Crippen molar-refractivity contribution in [1.82, 2.24) is 9.97 Å². The fourth-order valence-electron chi connectivity index (χ4n) is 1.11. The number of aromatic nitrogens is 2. The number of carboxylic acid groups (broad SMARTS) is 1. The molecule has 0 aliphatic rings. The summed E-state index contributed by atoms with van der Waals surface area (Å²) in [4.78, 5) is 30.0. The SMILES string of the molecule is CCOC(=O)CSc1cncc(N[C@H](C)C(=O)O)n1. The highest BCUT2D eigenvalue weighted by Gasteiger charge is 2.11. The number of nitrogens with one attached hydrogen (secondary N) is 1. The van der Waals surface area contributed by atoms with Gasteiger partial charge in [-0.15, -0.1) is 0 Å². The number of aliphatic carboxylic acids is 1. The Kier molecular flexibility index (Phi) is 6.07. The molecule has 2 N–H and O–H groups in total. The molecule has 8 heteroatoms. The van der Waals surface area contributed by atoms with Gasteiger partial charge in [-0.3, -0.25) is 14.6 Å². The number of thioether (sulfide) groups is 1. The summed E-state index contributed by atoms with van der Waals surface area (Å²) in [7, 11) is 0. The number of carbonyl (C=O) groups excluding carboxylic acids is 1. The van der Waals surface area contributed by atoms with Crippen molar-refractivity contribution >= 4 is 29.5 Å². The monoisotopic (exact) mass is 285 g/mol. The predicted molar refractivity (Wildman–Crippen MR) is 70.1 cm³/mol. The lowest BCUT2D eigenvalue weighted by atomic mass is 10.3. The third kappa shape index (κ3) is 5.56. The molecule has 1 aromatic rings. The van der Waals surface area contributed by atoms with Crippen LogP contribution in [0.15, 0.2) is 17.4 Å². The fourth-order valence-corrected chi connectivity index (χ4v) is 1.75. The summed E-state index contributed by atoms with van der Waals surface area (Å²) in [6.07, 6.45) is 2.92. The molecule has 0 amide bonds. The maximum atomic E-state index is 11.2. The molecule has 0 aromatic carbocycles. The molecule has 0 aliphatic carbocycles. The Morgan fingerprint density at radius 3 is 2.89 bits per heavy atom. The van der Waals surface area contributed by atoms with E-state index in [1.54, 1.807) is 6.92 Å². The summed E-state index contributed by atoms with van der Waals surface area (Å²) >= 11 is 1.18. The van der Waals surface area contributed by atoms with Gasteiger partial charge >= 0.3 is 11.9 Å². The number of anilines is 1. The third-order valence-electron chi connectivity index (χ3n) is 1.99. The highest BCUT2D eigenvalue weighted by Crippen LogP contribution is 2.16. The lowest BCUT2D eigenvalue weighted by molar-refractivity contribution is -0.140. The minimum Gasteiger partial charge on any atom is -0.480 e. The Bertz CT molecular complexity index is 455. The van der Waals surface area contributed by atoms with Crippen molar-refractivity contribution in [2.24, 2.45) is 0 Å². The second kappa shape index (κ2) is 7.57. The van der Waals surface area contributed by atoms with Crippen molar-refractivity contribution in [3.05, 3.63) is 12.4 Å². The minimum absolute atomic E-state index is 0.139. The molecule has 1 rings (SSSR count). The van der Waals surface area contributed by atoms with E-state index in [0.29, 0.717) is 17.5 Å². The van der Waals surface area contributed by atoms with Gasteiger partial charge in [0.15, 0.2) is 0 Å². The summed E-state index contributed by atoms with van der Waals surface area (Å²) < 4.78 is 4.79. The van der Waals surface area contributed by atoms with Gasteiger partial charge in [0.2, 0.25) is 0 Å². The molecule has 0 unspecified atom stereocenters. The fraction of sp³-hybridized carbons (Fsp3) is 0.455. The number of hydrogen-bond donors (Lipinski definition) is 2. The maximum absolute atomic E-state index is 11.2. The van der Waals surface area contributed by atoms with E-state index in [4.69, 9.17) is 9.84 Å². The Morgan fingerprint density at radius 2 is 2.26 bits per heavy atom. The second-order valence-corrected chi connectivity index (χ2v) is 4.54. The van der Waals surface area contributed by atoms with Crippen molar-refractivity contribution in [1.29, 1.82) is 0 Å². The summed E-state index contributed by atoms with van der Waals surface area (Å²) in [6, 6.07) is -0.764. The zero-order valence-corrected chi connectivity index (χ0v) is 11.4. The van der Waals surface area contributed by atoms with E-state index in [-0.39, 0.29) is 11.7 Å². The van der Waals surface area contributed by atoms with Gasteiger partial charge < -0.3 is 15.2 Å². The van der Waals surface area contributed by atoms with Crippen molar-refractivity contribution < 1.29 is 19.4 Å². The average molecular weight is 285 g/mol. The number of carboxylic acids is 1. The molecule has 1 heterocycles. The molecule has 0 bridgehead atoms. The standard InChI is InChI=1S/C11H15N3O4S/c1-3-18-10(15)6-19-9-5-12-4-8(14-9)13-7(2)11(16)17/h4-5,7H,3,6H2,1-2H3,(H,13,14)(H,16,17)/t7-/m1/s1. The smallest absolute Gasteiger partial charge is 0.325 e. The van der Waals surface area contributed by atoms with Gasteiger partial charge in [0.25, 0.3) is 0 Å². The molecule has 1 aromatic heterocycles.